The van der Waals surface area contributed by atoms with E-state index in [1.807, 2.05) is 20.8 Å². The molecule has 2 aliphatic rings. The Hall–Kier alpha value is -1.53. The summed E-state index contributed by atoms with van der Waals surface area (Å²) >= 11 is 0. The average Bonchev–Trinajstić information content (AvgIpc) is 3.07. The Kier molecular flexibility index (Phi) is 5.58. The van der Waals surface area contributed by atoms with Crippen molar-refractivity contribution >= 4 is 18.7 Å². The van der Waals surface area contributed by atoms with Gasteiger partial charge < -0.3 is 19.4 Å². The zero-order chi connectivity index (χ0) is 20.7. The summed E-state index contributed by atoms with van der Waals surface area (Å²) in [6, 6.07) is 8.55. The van der Waals surface area contributed by atoms with Gasteiger partial charge in [-0.1, -0.05) is 30.7 Å². The summed E-state index contributed by atoms with van der Waals surface area (Å²) in [6.07, 6.45) is 2.81. The van der Waals surface area contributed by atoms with E-state index < -0.39 is 5.60 Å². The standard InChI is InChI=1S/C22H34BNO4/c1-20(2,3)26-19(25)24-18-10-8-9-17(18)15-11-13-16(14-12-15)23-27-21(4,5)22(6,7)28-23/h11-14,17-18H,8-10H2,1-7H3,(H,24,25)/t17-,18+/m0/s1. The minimum absolute atomic E-state index is 0.109. The van der Waals surface area contributed by atoms with Gasteiger partial charge in [-0.25, -0.2) is 4.79 Å². The molecule has 0 unspecified atom stereocenters. The Morgan fingerprint density at radius 1 is 1.07 bits per heavy atom. The van der Waals surface area contributed by atoms with Gasteiger partial charge in [0.15, 0.2) is 0 Å². The van der Waals surface area contributed by atoms with Gasteiger partial charge in [0, 0.05) is 12.0 Å². The lowest BCUT2D eigenvalue weighted by Gasteiger charge is -2.32. The molecule has 6 heteroatoms. The van der Waals surface area contributed by atoms with E-state index in [1.165, 1.54) is 5.56 Å². The summed E-state index contributed by atoms with van der Waals surface area (Å²) in [6.45, 7) is 13.9. The van der Waals surface area contributed by atoms with Crippen LogP contribution in [-0.4, -0.2) is 36.1 Å². The van der Waals surface area contributed by atoms with E-state index in [0.717, 1.165) is 24.7 Å². The number of carbonyl (C=O) groups excluding carboxylic acids is 1. The largest absolute Gasteiger partial charge is 0.494 e. The first kappa shape index (κ1) is 21.2. The predicted molar refractivity (Wildman–Crippen MR) is 112 cm³/mol. The van der Waals surface area contributed by atoms with Crippen LogP contribution in [0.4, 0.5) is 4.79 Å². The van der Waals surface area contributed by atoms with Crippen molar-refractivity contribution in [3.05, 3.63) is 29.8 Å². The van der Waals surface area contributed by atoms with Crippen LogP contribution in [0.15, 0.2) is 24.3 Å². The van der Waals surface area contributed by atoms with E-state index in [1.54, 1.807) is 0 Å². The third-order valence-electron chi connectivity index (χ3n) is 6.11. The first-order valence-electron chi connectivity index (χ1n) is 10.3. The summed E-state index contributed by atoms with van der Waals surface area (Å²) in [4.78, 5) is 12.2. The van der Waals surface area contributed by atoms with Gasteiger partial charge in [0.25, 0.3) is 0 Å². The number of nitrogens with one attached hydrogen (secondary N) is 1. The van der Waals surface area contributed by atoms with Crippen molar-refractivity contribution in [2.75, 3.05) is 0 Å². The highest BCUT2D eigenvalue weighted by atomic mass is 16.7. The zero-order valence-corrected chi connectivity index (χ0v) is 18.3. The number of hydrogen-bond donors (Lipinski definition) is 1. The quantitative estimate of drug-likeness (QED) is 0.792. The fourth-order valence-corrected chi connectivity index (χ4v) is 3.87. The maximum Gasteiger partial charge on any atom is 0.494 e. The van der Waals surface area contributed by atoms with E-state index in [9.17, 15) is 4.79 Å². The van der Waals surface area contributed by atoms with Crippen molar-refractivity contribution < 1.29 is 18.8 Å². The third-order valence-corrected chi connectivity index (χ3v) is 6.11. The Labute approximate surface area is 169 Å². The molecule has 2 fully saturated rings. The predicted octanol–water partition coefficient (Wildman–Crippen LogP) is 4.15. The van der Waals surface area contributed by atoms with E-state index >= 15 is 0 Å². The van der Waals surface area contributed by atoms with Gasteiger partial charge >= 0.3 is 13.2 Å². The highest BCUT2D eigenvalue weighted by Crippen LogP contribution is 2.37. The molecule has 28 heavy (non-hydrogen) atoms. The average molecular weight is 387 g/mol. The lowest BCUT2D eigenvalue weighted by atomic mass is 9.78. The molecule has 1 aromatic rings. The number of rotatable bonds is 3. The number of ether oxygens (including phenoxy) is 1. The molecule has 1 aliphatic heterocycles. The number of alkyl carbamates (subject to hydrolysis) is 1. The second-order valence-corrected chi connectivity index (χ2v) is 10.0. The lowest BCUT2D eigenvalue weighted by Crippen LogP contribution is -2.41. The third kappa shape index (κ3) is 4.55. The molecule has 1 saturated carbocycles. The molecule has 5 nitrogen and oxygen atoms in total. The van der Waals surface area contributed by atoms with Crippen LogP contribution in [0.2, 0.25) is 0 Å². The van der Waals surface area contributed by atoms with E-state index in [4.69, 9.17) is 14.0 Å². The van der Waals surface area contributed by atoms with Gasteiger partial charge in [0.2, 0.25) is 0 Å². The van der Waals surface area contributed by atoms with Crippen molar-refractivity contribution in [3.63, 3.8) is 0 Å². The van der Waals surface area contributed by atoms with Crippen LogP contribution < -0.4 is 10.8 Å². The molecule has 1 amide bonds. The molecule has 0 aromatic heterocycles. The Bertz CT molecular complexity index is 692. The Balaban J connectivity index is 1.67. The first-order valence-corrected chi connectivity index (χ1v) is 10.3. The van der Waals surface area contributed by atoms with E-state index in [0.29, 0.717) is 5.92 Å². The van der Waals surface area contributed by atoms with Gasteiger partial charge in [-0.2, -0.15) is 0 Å². The van der Waals surface area contributed by atoms with Crippen LogP contribution >= 0.6 is 0 Å². The summed E-state index contributed by atoms with van der Waals surface area (Å²) < 4.78 is 17.7. The molecule has 2 atom stereocenters. The van der Waals surface area contributed by atoms with Crippen LogP contribution in [0.3, 0.4) is 0 Å². The smallest absolute Gasteiger partial charge is 0.444 e. The highest BCUT2D eigenvalue weighted by Gasteiger charge is 2.51. The second-order valence-electron chi connectivity index (χ2n) is 10.0. The number of benzene rings is 1. The molecule has 154 valence electrons. The zero-order valence-electron chi connectivity index (χ0n) is 18.3. The maximum absolute atomic E-state index is 12.2. The second kappa shape index (κ2) is 7.38. The molecule has 0 radical (unpaired) electrons. The van der Waals surface area contributed by atoms with Crippen LogP contribution in [-0.2, 0) is 14.0 Å². The van der Waals surface area contributed by atoms with Crippen LogP contribution in [0.1, 0.15) is 79.2 Å². The van der Waals surface area contributed by atoms with Gasteiger partial charge in [-0.15, -0.1) is 0 Å². The van der Waals surface area contributed by atoms with Gasteiger partial charge in [0.05, 0.1) is 11.2 Å². The fourth-order valence-electron chi connectivity index (χ4n) is 3.87. The molecule has 1 saturated heterocycles. The van der Waals surface area contributed by atoms with Crippen molar-refractivity contribution in [3.8, 4) is 0 Å². The summed E-state index contributed by atoms with van der Waals surface area (Å²) in [5, 5.41) is 3.06. The molecular formula is C22H34BNO4. The molecule has 1 heterocycles. The molecule has 0 bridgehead atoms. The number of carbonyl (C=O) groups is 1. The fraction of sp³-hybridized carbons (Fsp3) is 0.682. The minimum atomic E-state index is -0.483. The van der Waals surface area contributed by atoms with Crippen molar-refractivity contribution in [2.24, 2.45) is 0 Å². The number of hydrogen-bond acceptors (Lipinski definition) is 4. The topological polar surface area (TPSA) is 56.8 Å². The minimum Gasteiger partial charge on any atom is -0.444 e. The van der Waals surface area contributed by atoms with Gasteiger partial charge in [-0.05, 0) is 72.3 Å². The highest BCUT2D eigenvalue weighted by molar-refractivity contribution is 6.62. The Morgan fingerprint density at radius 3 is 2.18 bits per heavy atom. The van der Waals surface area contributed by atoms with Crippen LogP contribution in [0.5, 0.6) is 0 Å². The lowest BCUT2D eigenvalue weighted by molar-refractivity contribution is 0.00578. The molecule has 1 N–H and O–H groups in total. The van der Waals surface area contributed by atoms with Gasteiger partial charge in [0.1, 0.15) is 5.60 Å². The van der Waals surface area contributed by atoms with Crippen molar-refractivity contribution in [1.82, 2.24) is 5.32 Å². The maximum atomic E-state index is 12.2. The molecule has 3 rings (SSSR count). The molecular weight excluding hydrogens is 353 g/mol. The van der Waals surface area contributed by atoms with Crippen molar-refractivity contribution in [2.45, 2.75) is 96.5 Å². The van der Waals surface area contributed by atoms with Gasteiger partial charge in [-0.3, -0.25) is 0 Å². The van der Waals surface area contributed by atoms with Crippen LogP contribution in [0.25, 0.3) is 0 Å². The normalized spacial score (nSPS) is 26.3. The molecule has 1 aliphatic carbocycles. The van der Waals surface area contributed by atoms with Crippen LogP contribution in [0, 0.1) is 0 Å². The molecule has 1 aromatic carbocycles. The summed E-state index contributed by atoms with van der Waals surface area (Å²) in [5.41, 5.74) is 1.09. The monoisotopic (exact) mass is 387 g/mol. The SMILES string of the molecule is CC(C)(C)OC(=O)N[C@@H]1CCC[C@H]1c1ccc(B2OC(C)(C)C(C)(C)O2)cc1. The summed E-state index contributed by atoms with van der Waals surface area (Å²) in [5.74, 6) is 0.305. The van der Waals surface area contributed by atoms with E-state index in [-0.39, 0.29) is 30.5 Å². The molecule has 0 spiro atoms. The first-order chi connectivity index (χ1) is 12.9. The Morgan fingerprint density at radius 2 is 1.64 bits per heavy atom. The van der Waals surface area contributed by atoms with Crippen molar-refractivity contribution in [1.29, 1.82) is 0 Å². The number of amides is 1. The summed E-state index contributed by atoms with van der Waals surface area (Å²) in [7, 11) is -0.349. The van der Waals surface area contributed by atoms with E-state index in [2.05, 4.69) is 57.3 Å².